The van der Waals surface area contributed by atoms with E-state index in [0.717, 1.165) is 41.0 Å². The Morgan fingerprint density at radius 2 is 2.16 bits per heavy atom. The van der Waals surface area contributed by atoms with Crippen LogP contribution in [0.4, 0.5) is 17.2 Å². The molecule has 1 fully saturated rings. The topological polar surface area (TPSA) is 110 Å². The van der Waals surface area contributed by atoms with Crippen LogP contribution in [0.25, 0.3) is 10.2 Å². The number of hydrogen-bond acceptors (Lipinski definition) is 8. The van der Waals surface area contributed by atoms with Crippen LogP contribution >= 0.6 is 11.3 Å². The van der Waals surface area contributed by atoms with E-state index in [-0.39, 0.29) is 17.3 Å². The highest BCUT2D eigenvalue weighted by molar-refractivity contribution is 7.20. The summed E-state index contributed by atoms with van der Waals surface area (Å²) in [6.45, 7) is 5.01. The number of rotatable bonds is 5. The molecule has 1 saturated heterocycles. The lowest BCUT2D eigenvalue weighted by atomic mass is 10.0. The molecule has 162 valence electrons. The first-order chi connectivity index (χ1) is 14.9. The lowest BCUT2D eigenvalue weighted by molar-refractivity contribution is -0.384. The average molecular weight is 442 g/mol. The maximum atomic E-state index is 13.1. The number of amides is 1. The van der Waals surface area contributed by atoms with Gasteiger partial charge in [0, 0.05) is 24.7 Å². The summed E-state index contributed by atoms with van der Waals surface area (Å²) in [5, 5.41) is 14.8. The third-order valence-corrected chi connectivity index (χ3v) is 6.83. The van der Waals surface area contributed by atoms with Crippen molar-refractivity contribution in [3.63, 3.8) is 0 Å². The Labute approximate surface area is 183 Å². The lowest BCUT2D eigenvalue weighted by Crippen LogP contribution is -2.38. The van der Waals surface area contributed by atoms with Crippen LogP contribution in [0.5, 0.6) is 5.75 Å². The fourth-order valence-electron chi connectivity index (χ4n) is 3.99. The first-order valence-corrected chi connectivity index (χ1v) is 10.9. The summed E-state index contributed by atoms with van der Waals surface area (Å²) >= 11 is 1.29. The number of hydrogen-bond donors (Lipinski definition) is 1. The number of non-ortho nitro benzene ring substituents is 1. The van der Waals surface area contributed by atoms with Gasteiger partial charge in [0.05, 0.1) is 28.0 Å². The number of nitrogens with zero attached hydrogens (tertiary/aromatic N) is 4. The molecule has 1 amide bonds. The number of ether oxygens (including phenoxy) is 1. The summed E-state index contributed by atoms with van der Waals surface area (Å²) in [4.78, 5) is 36.2. The largest absolute Gasteiger partial charge is 0.495 e. The number of aromatic nitrogens is 2. The van der Waals surface area contributed by atoms with Gasteiger partial charge in [-0.3, -0.25) is 14.9 Å². The molecule has 0 saturated carbocycles. The smallest absolute Gasteiger partial charge is 0.271 e. The maximum Gasteiger partial charge on any atom is 0.271 e. The SMILES string of the molecule is COc1ccc([N+](=O)[O-])cc1NC(=O)c1sc2ncnc(N3CCCCC3C)c2c1C. The second kappa shape index (κ2) is 8.46. The Bertz CT molecular complexity index is 1160. The minimum atomic E-state index is -0.512. The molecule has 2 aromatic heterocycles. The lowest BCUT2D eigenvalue weighted by Gasteiger charge is -2.34. The summed E-state index contributed by atoms with van der Waals surface area (Å²) in [7, 11) is 1.45. The number of fused-ring (bicyclic) bond motifs is 1. The van der Waals surface area contributed by atoms with Crippen molar-refractivity contribution in [3.8, 4) is 5.75 Å². The van der Waals surface area contributed by atoms with Crippen LogP contribution in [0.2, 0.25) is 0 Å². The number of methoxy groups -OCH3 is 1. The van der Waals surface area contributed by atoms with E-state index in [9.17, 15) is 14.9 Å². The van der Waals surface area contributed by atoms with Gasteiger partial charge < -0.3 is 15.0 Å². The zero-order valence-corrected chi connectivity index (χ0v) is 18.4. The van der Waals surface area contributed by atoms with Gasteiger partial charge in [-0.15, -0.1) is 11.3 Å². The van der Waals surface area contributed by atoms with Crippen LogP contribution in [0.3, 0.4) is 0 Å². The van der Waals surface area contributed by atoms with Crippen molar-refractivity contribution in [1.29, 1.82) is 0 Å². The van der Waals surface area contributed by atoms with E-state index in [0.29, 0.717) is 16.7 Å². The van der Waals surface area contributed by atoms with E-state index in [4.69, 9.17) is 4.74 Å². The van der Waals surface area contributed by atoms with Gasteiger partial charge in [-0.2, -0.15) is 0 Å². The molecule has 1 N–H and O–H groups in total. The monoisotopic (exact) mass is 441 g/mol. The fraction of sp³-hybridized carbons (Fsp3) is 0.381. The molecule has 1 atom stereocenters. The van der Waals surface area contributed by atoms with Gasteiger partial charge in [0.1, 0.15) is 22.7 Å². The Morgan fingerprint density at radius 3 is 2.87 bits per heavy atom. The third kappa shape index (κ3) is 3.90. The zero-order valence-electron chi connectivity index (χ0n) is 17.5. The molecule has 3 heterocycles. The van der Waals surface area contributed by atoms with E-state index in [1.165, 1.54) is 43.1 Å². The molecule has 1 aliphatic heterocycles. The number of piperidine rings is 1. The molecule has 31 heavy (non-hydrogen) atoms. The van der Waals surface area contributed by atoms with Gasteiger partial charge in [0.25, 0.3) is 11.6 Å². The predicted molar refractivity (Wildman–Crippen MR) is 120 cm³/mol. The van der Waals surface area contributed by atoms with Gasteiger partial charge in [0.2, 0.25) is 0 Å². The van der Waals surface area contributed by atoms with Crippen molar-refractivity contribution in [2.75, 3.05) is 23.9 Å². The van der Waals surface area contributed by atoms with E-state index >= 15 is 0 Å². The van der Waals surface area contributed by atoms with Crippen molar-refractivity contribution >= 4 is 44.7 Å². The van der Waals surface area contributed by atoms with Gasteiger partial charge in [-0.1, -0.05) is 0 Å². The van der Waals surface area contributed by atoms with Gasteiger partial charge in [-0.05, 0) is 44.7 Å². The molecular weight excluding hydrogens is 418 g/mol. The van der Waals surface area contributed by atoms with Crippen molar-refractivity contribution in [1.82, 2.24) is 9.97 Å². The standard InChI is InChI=1S/C21H23N5O4S/c1-12-6-4-5-9-25(12)19-17-13(2)18(31-21(17)23-11-22-19)20(27)24-15-10-14(26(28)29)7-8-16(15)30-3/h7-8,10-12H,4-6,9H2,1-3H3,(H,24,27). The Hall–Kier alpha value is -3.27. The highest BCUT2D eigenvalue weighted by Gasteiger charge is 2.26. The highest BCUT2D eigenvalue weighted by Crippen LogP contribution is 2.38. The van der Waals surface area contributed by atoms with E-state index in [1.54, 1.807) is 6.33 Å². The molecular formula is C21H23N5O4S. The molecule has 4 rings (SSSR count). The van der Waals surface area contributed by atoms with Crippen LogP contribution in [0.15, 0.2) is 24.5 Å². The minimum Gasteiger partial charge on any atom is -0.495 e. The molecule has 0 spiro atoms. The normalized spacial score (nSPS) is 16.4. The second-order valence-corrected chi connectivity index (χ2v) is 8.57. The van der Waals surface area contributed by atoms with E-state index in [2.05, 4.69) is 27.1 Å². The number of anilines is 2. The summed E-state index contributed by atoms with van der Waals surface area (Å²) in [6.07, 6.45) is 4.96. The quantitative estimate of drug-likeness (QED) is 0.457. The van der Waals surface area contributed by atoms with Crippen LogP contribution in [0.1, 0.15) is 41.4 Å². The first-order valence-electron chi connectivity index (χ1n) is 10.0. The van der Waals surface area contributed by atoms with Crippen molar-refractivity contribution in [3.05, 3.63) is 45.1 Å². The highest BCUT2D eigenvalue weighted by atomic mass is 32.1. The Morgan fingerprint density at radius 1 is 1.35 bits per heavy atom. The molecule has 1 aromatic carbocycles. The Kier molecular flexibility index (Phi) is 5.73. The molecule has 1 aliphatic rings. The third-order valence-electron chi connectivity index (χ3n) is 5.63. The number of aryl methyl sites for hydroxylation is 1. The molecule has 0 aliphatic carbocycles. The number of benzene rings is 1. The predicted octanol–water partition coefficient (Wildman–Crippen LogP) is 4.55. The second-order valence-electron chi connectivity index (χ2n) is 7.57. The van der Waals surface area contributed by atoms with Crippen LogP contribution in [0, 0.1) is 17.0 Å². The fourth-order valence-corrected chi connectivity index (χ4v) is 5.02. The first kappa shape index (κ1) is 21.0. The van der Waals surface area contributed by atoms with Crippen molar-refractivity contribution in [2.24, 2.45) is 0 Å². The van der Waals surface area contributed by atoms with Crippen LogP contribution in [-0.2, 0) is 0 Å². The van der Waals surface area contributed by atoms with Gasteiger partial charge in [0.15, 0.2) is 0 Å². The van der Waals surface area contributed by atoms with Crippen LogP contribution in [-0.4, -0.2) is 40.5 Å². The molecule has 0 radical (unpaired) electrons. The molecule has 0 bridgehead atoms. The minimum absolute atomic E-state index is 0.128. The average Bonchev–Trinajstić information content (AvgIpc) is 3.11. The summed E-state index contributed by atoms with van der Waals surface area (Å²) in [6, 6.07) is 4.46. The maximum absolute atomic E-state index is 13.1. The number of nitro groups is 1. The van der Waals surface area contributed by atoms with Gasteiger partial charge >= 0.3 is 0 Å². The molecule has 9 nitrogen and oxygen atoms in total. The van der Waals surface area contributed by atoms with Crippen molar-refractivity contribution in [2.45, 2.75) is 39.2 Å². The van der Waals surface area contributed by atoms with E-state index < -0.39 is 4.92 Å². The summed E-state index contributed by atoms with van der Waals surface area (Å²) in [5.74, 6) is 0.843. The molecule has 10 heteroatoms. The number of thiophene rings is 1. The number of nitrogens with one attached hydrogen (secondary N) is 1. The zero-order chi connectivity index (χ0) is 22.1. The summed E-state index contributed by atoms with van der Waals surface area (Å²) in [5.41, 5.74) is 0.918. The van der Waals surface area contributed by atoms with Crippen molar-refractivity contribution < 1.29 is 14.5 Å². The van der Waals surface area contributed by atoms with E-state index in [1.807, 2.05) is 6.92 Å². The Balaban J connectivity index is 1.72. The molecule has 1 unspecified atom stereocenters. The molecule has 3 aromatic rings. The number of nitro benzene ring substituents is 1. The number of carbonyl (C=O) groups excluding carboxylic acids is 1. The van der Waals surface area contributed by atoms with Crippen LogP contribution < -0.4 is 15.0 Å². The van der Waals surface area contributed by atoms with Gasteiger partial charge in [-0.25, -0.2) is 9.97 Å². The summed E-state index contributed by atoms with van der Waals surface area (Å²) < 4.78 is 5.25. The number of carbonyl (C=O) groups is 1.